The lowest BCUT2D eigenvalue weighted by molar-refractivity contribution is -0.136. The van der Waals surface area contributed by atoms with Gasteiger partial charge < -0.3 is 5.11 Å². The van der Waals surface area contributed by atoms with Gasteiger partial charge in [-0.05, 0) is 25.0 Å². The maximum absolute atomic E-state index is 12.9. The van der Waals surface area contributed by atoms with Crippen LogP contribution in [0.25, 0.3) is 4.85 Å². The molecule has 1 atom stereocenters. The van der Waals surface area contributed by atoms with Crippen LogP contribution in [0.15, 0.2) is 30.6 Å². The van der Waals surface area contributed by atoms with Gasteiger partial charge in [-0.15, -0.1) is 0 Å². The number of carbonyl (C=O) groups excluding carboxylic acids is 1. The molecule has 0 aliphatic rings. The predicted octanol–water partition coefficient (Wildman–Crippen LogP) is 2.44. The van der Waals surface area contributed by atoms with Crippen molar-refractivity contribution in [2.75, 3.05) is 0 Å². The van der Waals surface area contributed by atoms with Crippen molar-refractivity contribution in [2.24, 2.45) is 0 Å². The van der Waals surface area contributed by atoms with E-state index >= 15 is 0 Å². The number of ketones is 1. The fraction of sp³-hybridized carbons (Fsp3) is 0.312. The van der Waals surface area contributed by atoms with Gasteiger partial charge in [0.25, 0.3) is 0 Å². The molecule has 0 fully saturated rings. The zero-order valence-corrected chi connectivity index (χ0v) is 12.4. The number of rotatable bonds is 5. The minimum absolute atomic E-state index is 0.0376. The molecule has 1 aromatic heterocycles. The molecule has 2 rings (SSSR count). The molecule has 2 aromatic rings. The summed E-state index contributed by atoms with van der Waals surface area (Å²) in [5.74, 6) is -0.910. The highest BCUT2D eigenvalue weighted by atomic mass is 19.1. The van der Waals surface area contributed by atoms with Gasteiger partial charge in [0, 0.05) is 6.42 Å². The molecule has 0 spiro atoms. The summed E-state index contributed by atoms with van der Waals surface area (Å²) < 4.78 is 14.1. The monoisotopic (exact) mass is 301 g/mol. The highest BCUT2D eigenvalue weighted by molar-refractivity contribution is 5.88. The van der Waals surface area contributed by atoms with Crippen LogP contribution in [0.2, 0.25) is 0 Å². The summed E-state index contributed by atoms with van der Waals surface area (Å²) in [6, 6.07) is 5.11. The number of hydrogen-bond acceptors (Lipinski definition) is 3. The quantitative estimate of drug-likeness (QED) is 0.863. The molecule has 22 heavy (non-hydrogen) atoms. The Morgan fingerprint density at radius 1 is 1.55 bits per heavy atom. The van der Waals surface area contributed by atoms with Crippen LogP contribution in [0, 0.1) is 19.3 Å². The van der Waals surface area contributed by atoms with Crippen molar-refractivity contribution in [1.82, 2.24) is 9.78 Å². The minimum Gasteiger partial charge on any atom is -0.380 e. The molecule has 0 aliphatic carbocycles. The Hall–Kier alpha value is -2.52. The standard InChI is InChI=1S/C16H16FN3O2/c1-11-6-12(4-5-14(11)18-3)7-15(21)16(2,22)10-20-9-13(17)8-19-20/h4-6,8-9,22H,7,10H2,1-2H3. The summed E-state index contributed by atoms with van der Waals surface area (Å²) in [7, 11) is 0. The zero-order valence-electron chi connectivity index (χ0n) is 12.4. The van der Waals surface area contributed by atoms with E-state index in [0.29, 0.717) is 5.69 Å². The first kappa shape index (κ1) is 15.9. The molecule has 6 heteroatoms. The molecule has 1 heterocycles. The van der Waals surface area contributed by atoms with E-state index in [1.54, 1.807) is 25.1 Å². The van der Waals surface area contributed by atoms with Crippen molar-refractivity contribution < 1.29 is 14.3 Å². The summed E-state index contributed by atoms with van der Waals surface area (Å²) in [4.78, 5) is 15.6. The van der Waals surface area contributed by atoms with Crippen LogP contribution in [0.4, 0.5) is 10.1 Å². The van der Waals surface area contributed by atoms with Crippen molar-refractivity contribution in [3.63, 3.8) is 0 Å². The summed E-state index contributed by atoms with van der Waals surface area (Å²) in [5, 5.41) is 14.0. The Balaban J connectivity index is 2.10. The first-order chi connectivity index (χ1) is 10.3. The van der Waals surface area contributed by atoms with E-state index < -0.39 is 17.2 Å². The number of aliphatic hydroxyl groups is 1. The van der Waals surface area contributed by atoms with Gasteiger partial charge in [-0.1, -0.05) is 18.2 Å². The lowest BCUT2D eigenvalue weighted by Crippen LogP contribution is -2.40. The fourth-order valence-corrected chi connectivity index (χ4v) is 2.16. The van der Waals surface area contributed by atoms with Gasteiger partial charge in [-0.3, -0.25) is 9.48 Å². The number of benzene rings is 1. The van der Waals surface area contributed by atoms with Gasteiger partial charge in [0.2, 0.25) is 0 Å². The summed E-state index contributed by atoms with van der Waals surface area (Å²) in [6.07, 6.45) is 2.18. The fourth-order valence-electron chi connectivity index (χ4n) is 2.16. The van der Waals surface area contributed by atoms with E-state index in [1.807, 2.05) is 0 Å². The van der Waals surface area contributed by atoms with Crippen LogP contribution in [0.5, 0.6) is 0 Å². The summed E-state index contributed by atoms with van der Waals surface area (Å²) in [6.45, 7) is 10.1. The largest absolute Gasteiger partial charge is 0.380 e. The number of aromatic nitrogens is 2. The number of aryl methyl sites for hydroxylation is 1. The molecule has 0 saturated heterocycles. The number of Topliss-reactive ketones (excluding diaryl/α,β-unsaturated/α-hetero) is 1. The van der Waals surface area contributed by atoms with Crippen LogP contribution in [-0.4, -0.2) is 26.3 Å². The van der Waals surface area contributed by atoms with E-state index in [9.17, 15) is 14.3 Å². The van der Waals surface area contributed by atoms with E-state index in [4.69, 9.17) is 6.57 Å². The van der Waals surface area contributed by atoms with Crippen LogP contribution in [0.3, 0.4) is 0 Å². The lowest BCUT2D eigenvalue weighted by atomic mass is 9.94. The summed E-state index contributed by atoms with van der Waals surface area (Å²) >= 11 is 0. The zero-order chi connectivity index (χ0) is 16.3. The molecule has 0 aliphatic heterocycles. The van der Waals surface area contributed by atoms with Crippen LogP contribution in [0.1, 0.15) is 18.1 Å². The van der Waals surface area contributed by atoms with E-state index in [-0.39, 0.29) is 13.0 Å². The number of hydrogen-bond donors (Lipinski definition) is 1. The first-order valence-corrected chi connectivity index (χ1v) is 6.72. The molecule has 1 N–H and O–H groups in total. The number of nitrogens with zero attached hydrogens (tertiary/aromatic N) is 3. The number of halogens is 1. The average Bonchev–Trinajstić information content (AvgIpc) is 2.83. The Bertz CT molecular complexity index is 744. The lowest BCUT2D eigenvalue weighted by Gasteiger charge is -2.21. The van der Waals surface area contributed by atoms with E-state index in [1.165, 1.54) is 11.6 Å². The molecule has 0 saturated carbocycles. The van der Waals surface area contributed by atoms with Crippen molar-refractivity contribution >= 4 is 11.5 Å². The third kappa shape index (κ3) is 3.57. The molecule has 5 nitrogen and oxygen atoms in total. The molecule has 0 amide bonds. The van der Waals surface area contributed by atoms with Gasteiger partial charge in [0.05, 0.1) is 25.5 Å². The van der Waals surface area contributed by atoms with Crippen molar-refractivity contribution in [2.45, 2.75) is 32.4 Å². The maximum Gasteiger partial charge on any atom is 0.190 e. The van der Waals surface area contributed by atoms with Gasteiger partial charge in [0.1, 0.15) is 5.60 Å². The molecule has 0 radical (unpaired) electrons. The smallest absolute Gasteiger partial charge is 0.190 e. The second kappa shape index (κ2) is 6.08. The molecular formula is C16H16FN3O2. The third-order valence-electron chi connectivity index (χ3n) is 3.42. The normalized spacial score (nSPS) is 13.4. The van der Waals surface area contributed by atoms with Crippen LogP contribution < -0.4 is 0 Å². The van der Waals surface area contributed by atoms with E-state index in [2.05, 4.69) is 9.94 Å². The summed E-state index contributed by atoms with van der Waals surface area (Å²) in [5.41, 5.74) is 0.399. The Kier molecular flexibility index (Phi) is 4.38. The van der Waals surface area contributed by atoms with Crippen molar-refractivity contribution in [3.8, 4) is 0 Å². The van der Waals surface area contributed by atoms with Gasteiger partial charge in [-0.25, -0.2) is 9.24 Å². The highest BCUT2D eigenvalue weighted by Crippen LogP contribution is 2.21. The maximum atomic E-state index is 12.9. The number of carbonyl (C=O) groups is 1. The molecular weight excluding hydrogens is 285 g/mol. The Morgan fingerprint density at radius 3 is 2.82 bits per heavy atom. The second-order valence-electron chi connectivity index (χ2n) is 5.46. The van der Waals surface area contributed by atoms with Gasteiger partial charge >= 0.3 is 0 Å². The topological polar surface area (TPSA) is 59.5 Å². The Morgan fingerprint density at radius 2 is 2.27 bits per heavy atom. The average molecular weight is 301 g/mol. The van der Waals surface area contributed by atoms with Crippen LogP contribution >= 0.6 is 0 Å². The molecule has 114 valence electrons. The van der Waals surface area contributed by atoms with Gasteiger partial charge in [-0.2, -0.15) is 5.10 Å². The molecule has 1 aromatic carbocycles. The first-order valence-electron chi connectivity index (χ1n) is 6.72. The van der Waals surface area contributed by atoms with Crippen LogP contribution in [-0.2, 0) is 17.8 Å². The SMILES string of the molecule is [C-]#[N+]c1ccc(CC(=O)C(C)(O)Cn2cc(F)cn2)cc1C. The predicted molar refractivity (Wildman–Crippen MR) is 79.0 cm³/mol. The highest BCUT2D eigenvalue weighted by Gasteiger charge is 2.31. The van der Waals surface area contributed by atoms with Crippen molar-refractivity contribution in [1.29, 1.82) is 0 Å². The third-order valence-corrected chi connectivity index (χ3v) is 3.42. The van der Waals surface area contributed by atoms with E-state index in [0.717, 1.165) is 23.5 Å². The molecule has 1 unspecified atom stereocenters. The second-order valence-corrected chi connectivity index (χ2v) is 5.46. The Labute approximate surface area is 127 Å². The van der Waals surface area contributed by atoms with Crippen molar-refractivity contribution in [3.05, 3.63) is 59.0 Å². The minimum atomic E-state index is -1.65. The van der Waals surface area contributed by atoms with Gasteiger partial charge in [0.15, 0.2) is 17.3 Å². The molecule has 0 bridgehead atoms.